The number of nitrogens with two attached hydrogens (primary N) is 1. The lowest BCUT2D eigenvalue weighted by Crippen LogP contribution is -2.58. The molecule has 50 heavy (non-hydrogen) atoms. The van der Waals surface area contributed by atoms with E-state index in [0.29, 0.717) is 30.6 Å². The number of aliphatic hydroxyl groups excluding tert-OH is 1. The fourth-order valence-electron chi connectivity index (χ4n) is 11.9. The first-order valence-electron chi connectivity index (χ1n) is 20.3. The maximum atomic E-state index is 14.6. The highest BCUT2D eigenvalue weighted by molar-refractivity contribution is 6.23. The highest BCUT2D eigenvalue weighted by atomic mass is 16.7. The number of nitrogens with one attached hydrogen (secondary N) is 2. The third-order valence-corrected chi connectivity index (χ3v) is 14.6. The molecule has 4 unspecified atom stereocenters. The van der Waals surface area contributed by atoms with Crippen LogP contribution in [0.4, 0.5) is 0 Å². The quantitative estimate of drug-likeness (QED) is 0.0983. The van der Waals surface area contributed by atoms with Crippen molar-refractivity contribution in [1.82, 2.24) is 10.6 Å². The van der Waals surface area contributed by atoms with E-state index in [9.17, 15) is 19.5 Å². The summed E-state index contributed by atoms with van der Waals surface area (Å²) in [4.78, 5) is 43.4. The summed E-state index contributed by atoms with van der Waals surface area (Å²) < 4.78 is 12.5. The molecule has 0 amide bonds. The molecule has 7 aliphatic rings. The van der Waals surface area contributed by atoms with Crippen LogP contribution in [0.2, 0.25) is 0 Å². The van der Waals surface area contributed by atoms with Crippen molar-refractivity contribution in [3.8, 4) is 0 Å². The molecule has 0 spiro atoms. The van der Waals surface area contributed by atoms with Gasteiger partial charge < -0.3 is 30.9 Å². The molecule has 7 rings (SSSR count). The van der Waals surface area contributed by atoms with Gasteiger partial charge in [-0.15, -0.1) is 0 Å². The van der Waals surface area contributed by atoms with Gasteiger partial charge in [-0.25, -0.2) is 4.79 Å². The topological polar surface area (TPSA) is 143 Å². The average molecular weight is 694 g/mol. The fraction of sp³-hybridized carbons (Fsp3) is 0.829. The van der Waals surface area contributed by atoms with Crippen LogP contribution >= 0.6 is 0 Å². The highest BCUT2D eigenvalue weighted by Crippen LogP contribution is 2.62. The lowest BCUT2D eigenvalue weighted by molar-refractivity contribution is -0.160. The van der Waals surface area contributed by atoms with E-state index in [2.05, 4.69) is 36.6 Å². The van der Waals surface area contributed by atoms with E-state index < -0.39 is 29.0 Å². The fourth-order valence-corrected chi connectivity index (χ4v) is 11.9. The molecule has 9 nitrogen and oxygen atoms in total. The van der Waals surface area contributed by atoms with Gasteiger partial charge in [0.1, 0.15) is 0 Å². The Kier molecular flexibility index (Phi) is 10.8. The zero-order valence-electron chi connectivity index (χ0n) is 30.7. The molecular weight excluding hydrogens is 630 g/mol. The first kappa shape index (κ1) is 36.4. The minimum Gasteiger partial charge on any atom is -0.463 e. The van der Waals surface area contributed by atoms with Crippen LogP contribution in [0.25, 0.3) is 0 Å². The number of ether oxygens (including phenoxy) is 2. The van der Waals surface area contributed by atoms with Crippen LogP contribution < -0.4 is 16.4 Å². The van der Waals surface area contributed by atoms with Gasteiger partial charge in [0.2, 0.25) is 0 Å². The number of piperidine rings is 1. The van der Waals surface area contributed by atoms with E-state index >= 15 is 0 Å². The summed E-state index contributed by atoms with van der Waals surface area (Å²) in [7, 11) is 0. The van der Waals surface area contributed by atoms with Crippen molar-refractivity contribution in [1.29, 1.82) is 0 Å². The van der Waals surface area contributed by atoms with Crippen molar-refractivity contribution in [2.24, 2.45) is 46.7 Å². The molecule has 9 heteroatoms. The van der Waals surface area contributed by atoms with Crippen molar-refractivity contribution in [2.75, 3.05) is 26.3 Å². The number of aliphatic hydroxyl groups is 1. The highest BCUT2D eigenvalue weighted by Gasteiger charge is 2.87. The standard InChI is InChI=1S/C41H63N3O6/c1-3-43-34-20-28-12-6-5-11-27(28)19-29(34)25-49-38(48)41-37(47)33-14-8-7-13-32(33)36(46)40(41,50-41)23-30(24-45)26(2)22-39(16-9-4-10-17-39)31-15-18-44-35(42)21-31/h6,12,27-29,31-35,43-45H,3-5,7-11,13-25,42H2,1-2H3/t27-,28+,29+,31?,32?,33?,34-,35?,40+,41+/m1/s1. The van der Waals surface area contributed by atoms with Crippen molar-refractivity contribution < 1.29 is 29.0 Å². The predicted octanol–water partition coefficient (Wildman–Crippen LogP) is 5.29. The first-order valence-corrected chi connectivity index (χ1v) is 20.3. The molecule has 5 aliphatic carbocycles. The molecule has 278 valence electrons. The Morgan fingerprint density at radius 3 is 2.50 bits per heavy atom. The molecule has 0 aromatic heterocycles. The minimum absolute atomic E-state index is 0.00332. The lowest BCUT2D eigenvalue weighted by Gasteiger charge is -2.47. The van der Waals surface area contributed by atoms with E-state index in [1.807, 2.05) is 0 Å². The molecule has 2 aliphatic heterocycles. The number of hydrogen-bond donors (Lipinski definition) is 4. The molecule has 0 aromatic rings. The van der Waals surface area contributed by atoms with E-state index in [1.165, 1.54) is 19.3 Å². The van der Waals surface area contributed by atoms with Gasteiger partial charge >= 0.3 is 5.97 Å². The summed E-state index contributed by atoms with van der Waals surface area (Å²) in [6.45, 7) is 5.92. The van der Waals surface area contributed by atoms with Crippen LogP contribution in [0.1, 0.15) is 123 Å². The number of esters is 1. The molecule has 0 radical (unpaired) electrons. The van der Waals surface area contributed by atoms with Gasteiger partial charge in [0.05, 0.1) is 19.4 Å². The molecule has 0 aromatic carbocycles. The summed E-state index contributed by atoms with van der Waals surface area (Å²) in [6, 6.07) is 0.221. The van der Waals surface area contributed by atoms with Gasteiger partial charge in [-0.1, -0.05) is 56.8 Å². The number of carbonyl (C=O) groups is 3. The molecule has 0 bridgehead atoms. The van der Waals surface area contributed by atoms with Gasteiger partial charge in [-0.05, 0) is 119 Å². The van der Waals surface area contributed by atoms with Crippen molar-refractivity contribution in [2.45, 2.75) is 146 Å². The first-order chi connectivity index (χ1) is 24.2. The number of ketones is 2. The van der Waals surface area contributed by atoms with Crippen LogP contribution in [0.15, 0.2) is 23.3 Å². The van der Waals surface area contributed by atoms with Crippen LogP contribution in [-0.2, 0) is 23.9 Å². The summed E-state index contributed by atoms with van der Waals surface area (Å²) in [5, 5.41) is 18.0. The van der Waals surface area contributed by atoms with E-state index in [4.69, 9.17) is 15.2 Å². The maximum absolute atomic E-state index is 14.6. The zero-order chi connectivity index (χ0) is 35.1. The number of hydrogen-bond acceptors (Lipinski definition) is 9. The van der Waals surface area contributed by atoms with Gasteiger partial charge in [0.25, 0.3) is 5.60 Å². The number of Topliss-reactive ketones (excluding diaryl/α,β-unsaturated/α-hetero) is 2. The van der Waals surface area contributed by atoms with Gasteiger partial charge in [0, 0.05) is 30.2 Å². The van der Waals surface area contributed by atoms with Gasteiger partial charge in [-0.3, -0.25) is 9.59 Å². The Hall–Kier alpha value is -1.91. The summed E-state index contributed by atoms with van der Waals surface area (Å²) >= 11 is 0. The summed E-state index contributed by atoms with van der Waals surface area (Å²) in [5.41, 5.74) is 4.79. The van der Waals surface area contributed by atoms with E-state index in [1.54, 1.807) is 0 Å². The number of fused-ring (bicyclic) bond motifs is 3. The van der Waals surface area contributed by atoms with Gasteiger partial charge in [-0.2, -0.15) is 0 Å². The van der Waals surface area contributed by atoms with E-state index in [-0.39, 0.29) is 54.7 Å². The second-order valence-corrected chi connectivity index (χ2v) is 17.4. The smallest absolute Gasteiger partial charge is 0.350 e. The molecular formula is C41H63N3O6. The van der Waals surface area contributed by atoms with Crippen molar-refractivity contribution >= 4 is 17.5 Å². The summed E-state index contributed by atoms with van der Waals surface area (Å²) in [5.74, 6) is -0.282. The van der Waals surface area contributed by atoms with Crippen LogP contribution in [0.5, 0.6) is 0 Å². The van der Waals surface area contributed by atoms with Crippen LogP contribution in [0.3, 0.4) is 0 Å². The van der Waals surface area contributed by atoms with Crippen LogP contribution in [-0.4, -0.2) is 72.4 Å². The number of epoxide rings is 1. The minimum atomic E-state index is -1.91. The van der Waals surface area contributed by atoms with Crippen molar-refractivity contribution in [3.05, 3.63) is 23.3 Å². The second kappa shape index (κ2) is 14.8. The zero-order valence-corrected chi connectivity index (χ0v) is 30.7. The van der Waals surface area contributed by atoms with Gasteiger partial charge in [0.15, 0.2) is 17.2 Å². The molecule has 2 saturated heterocycles. The number of rotatable bonds is 11. The number of allylic oxidation sites excluding steroid dienone is 3. The normalized spacial score (nSPS) is 41.4. The third-order valence-electron chi connectivity index (χ3n) is 14.6. The van der Waals surface area contributed by atoms with Crippen molar-refractivity contribution in [3.63, 3.8) is 0 Å². The molecule has 6 fully saturated rings. The molecule has 2 heterocycles. The third kappa shape index (κ3) is 6.39. The molecule has 4 saturated carbocycles. The lowest BCUT2D eigenvalue weighted by atomic mass is 9.59. The Morgan fingerprint density at radius 2 is 1.78 bits per heavy atom. The second-order valence-electron chi connectivity index (χ2n) is 17.4. The van der Waals surface area contributed by atoms with Crippen LogP contribution in [0, 0.1) is 40.9 Å². The Morgan fingerprint density at radius 1 is 1.02 bits per heavy atom. The monoisotopic (exact) mass is 693 g/mol. The number of carbonyl (C=O) groups excluding carboxylic acids is 3. The molecule has 5 N–H and O–H groups in total. The molecule has 10 atom stereocenters. The Bertz CT molecular complexity index is 1360. The predicted molar refractivity (Wildman–Crippen MR) is 192 cm³/mol. The maximum Gasteiger partial charge on any atom is 0.350 e. The van der Waals surface area contributed by atoms with E-state index in [0.717, 1.165) is 94.9 Å². The Balaban J connectivity index is 1.15. The Labute approximate surface area is 299 Å². The summed E-state index contributed by atoms with van der Waals surface area (Å²) in [6.07, 6.45) is 20.7. The SMILES string of the molecule is CCN[C@@H]1C[C@@H]2C=CCC[C@@H]2C[C@H]1COC(=O)[C@]12O[C@@]1(CC(CO)=C(C)CC1(C3CCNC(N)C3)CCCCC1)C(=O)C1CCCCC1C2=O. The average Bonchev–Trinajstić information content (AvgIpc) is 3.84. The largest absolute Gasteiger partial charge is 0.463 e.